The molecule has 0 radical (unpaired) electrons. The first kappa shape index (κ1) is 18.9. The molecule has 4 rings (SSSR count). The SMILES string of the molecule is O=C1C(Nc2ccc(Br)cc2)=C[C@H](c2ccccc2F)N1c1ccc(Br)cc1. The number of amides is 1. The third kappa shape index (κ3) is 3.75. The maximum Gasteiger partial charge on any atom is 0.275 e. The topological polar surface area (TPSA) is 32.3 Å². The van der Waals surface area contributed by atoms with Gasteiger partial charge in [0.05, 0.1) is 6.04 Å². The lowest BCUT2D eigenvalue weighted by Gasteiger charge is -2.25. The van der Waals surface area contributed by atoms with Crippen LogP contribution in [-0.4, -0.2) is 5.91 Å². The van der Waals surface area contributed by atoms with Gasteiger partial charge in [-0.1, -0.05) is 50.1 Å². The van der Waals surface area contributed by atoms with Crippen LogP contribution in [0.5, 0.6) is 0 Å². The van der Waals surface area contributed by atoms with E-state index in [4.69, 9.17) is 0 Å². The van der Waals surface area contributed by atoms with Crippen molar-refractivity contribution < 1.29 is 9.18 Å². The Morgan fingerprint density at radius 2 is 1.46 bits per heavy atom. The summed E-state index contributed by atoms with van der Waals surface area (Å²) in [6.07, 6.45) is 1.77. The molecule has 1 N–H and O–H groups in total. The molecular formula is C22H15Br2FN2O. The van der Waals surface area contributed by atoms with Crippen LogP contribution >= 0.6 is 31.9 Å². The van der Waals surface area contributed by atoms with Crippen LogP contribution in [0.4, 0.5) is 15.8 Å². The summed E-state index contributed by atoms with van der Waals surface area (Å²) in [6, 6.07) is 20.9. The molecule has 3 aromatic carbocycles. The Morgan fingerprint density at radius 3 is 2.11 bits per heavy atom. The molecule has 1 atom stereocenters. The van der Waals surface area contributed by atoms with Gasteiger partial charge in [-0.2, -0.15) is 0 Å². The van der Waals surface area contributed by atoms with Crippen LogP contribution in [0.3, 0.4) is 0 Å². The summed E-state index contributed by atoms with van der Waals surface area (Å²) in [5, 5.41) is 3.17. The average molecular weight is 502 g/mol. The highest BCUT2D eigenvalue weighted by molar-refractivity contribution is 9.10. The van der Waals surface area contributed by atoms with E-state index in [1.165, 1.54) is 6.07 Å². The fraction of sp³-hybridized carbons (Fsp3) is 0.0455. The molecule has 0 unspecified atom stereocenters. The van der Waals surface area contributed by atoms with E-state index in [1.54, 1.807) is 29.2 Å². The first-order valence-corrected chi connectivity index (χ1v) is 10.2. The molecule has 3 nitrogen and oxygen atoms in total. The van der Waals surface area contributed by atoms with Crippen molar-refractivity contribution in [2.24, 2.45) is 0 Å². The molecular weight excluding hydrogens is 487 g/mol. The molecule has 0 aliphatic carbocycles. The Morgan fingerprint density at radius 1 is 0.857 bits per heavy atom. The molecule has 1 heterocycles. The minimum atomic E-state index is -0.534. The van der Waals surface area contributed by atoms with Gasteiger partial charge in [0, 0.05) is 25.9 Å². The van der Waals surface area contributed by atoms with Crippen molar-refractivity contribution in [1.29, 1.82) is 0 Å². The lowest BCUT2D eigenvalue weighted by atomic mass is 10.1. The van der Waals surface area contributed by atoms with Crippen LogP contribution in [0.25, 0.3) is 0 Å². The minimum Gasteiger partial charge on any atom is -0.351 e. The van der Waals surface area contributed by atoms with Gasteiger partial charge in [-0.15, -0.1) is 0 Å². The normalized spacial score (nSPS) is 16.2. The van der Waals surface area contributed by atoms with E-state index < -0.39 is 6.04 Å². The van der Waals surface area contributed by atoms with Crippen LogP contribution < -0.4 is 10.2 Å². The van der Waals surface area contributed by atoms with Crippen LogP contribution in [-0.2, 0) is 4.79 Å². The third-order valence-electron chi connectivity index (χ3n) is 4.50. The minimum absolute atomic E-state index is 0.210. The highest BCUT2D eigenvalue weighted by atomic mass is 79.9. The number of carbonyl (C=O) groups is 1. The highest BCUT2D eigenvalue weighted by Crippen LogP contribution is 2.37. The summed E-state index contributed by atoms with van der Waals surface area (Å²) in [5.74, 6) is -0.554. The van der Waals surface area contributed by atoms with Gasteiger partial charge >= 0.3 is 0 Å². The third-order valence-corrected chi connectivity index (χ3v) is 5.56. The lowest BCUT2D eigenvalue weighted by Crippen LogP contribution is -2.31. The zero-order chi connectivity index (χ0) is 19.7. The summed E-state index contributed by atoms with van der Waals surface area (Å²) in [5.41, 5.74) is 2.35. The van der Waals surface area contributed by atoms with E-state index in [2.05, 4.69) is 37.2 Å². The number of hydrogen-bond acceptors (Lipinski definition) is 2. The second kappa shape index (κ2) is 7.89. The smallest absolute Gasteiger partial charge is 0.275 e. The molecule has 0 bridgehead atoms. The molecule has 0 aromatic heterocycles. The lowest BCUT2D eigenvalue weighted by molar-refractivity contribution is -0.114. The summed E-state index contributed by atoms with van der Waals surface area (Å²) in [4.78, 5) is 14.8. The predicted molar refractivity (Wildman–Crippen MR) is 117 cm³/mol. The van der Waals surface area contributed by atoms with Gasteiger partial charge in [0.15, 0.2) is 0 Å². The number of halogens is 3. The van der Waals surface area contributed by atoms with E-state index >= 15 is 0 Å². The largest absolute Gasteiger partial charge is 0.351 e. The van der Waals surface area contributed by atoms with Gasteiger partial charge in [-0.05, 0) is 60.7 Å². The van der Waals surface area contributed by atoms with Crippen molar-refractivity contribution in [3.63, 3.8) is 0 Å². The molecule has 0 fully saturated rings. The average Bonchev–Trinajstić information content (AvgIpc) is 3.01. The molecule has 1 amide bonds. The van der Waals surface area contributed by atoms with Crippen LogP contribution in [0.1, 0.15) is 11.6 Å². The zero-order valence-corrected chi connectivity index (χ0v) is 17.7. The van der Waals surface area contributed by atoms with Crippen LogP contribution in [0.15, 0.2) is 93.5 Å². The van der Waals surface area contributed by atoms with Crippen molar-refractivity contribution in [1.82, 2.24) is 0 Å². The number of nitrogens with zero attached hydrogens (tertiary/aromatic N) is 1. The molecule has 140 valence electrons. The maximum atomic E-state index is 14.5. The Hall–Kier alpha value is -2.44. The van der Waals surface area contributed by atoms with Gasteiger partial charge in [0.1, 0.15) is 11.5 Å². The number of nitrogens with one attached hydrogen (secondary N) is 1. The number of anilines is 2. The second-order valence-electron chi connectivity index (χ2n) is 6.33. The fourth-order valence-electron chi connectivity index (χ4n) is 3.17. The van der Waals surface area contributed by atoms with E-state index in [9.17, 15) is 9.18 Å². The number of benzene rings is 3. The van der Waals surface area contributed by atoms with Crippen LogP contribution in [0.2, 0.25) is 0 Å². The van der Waals surface area contributed by atoms with Gasteiger partial charge in [0.2, 0.25) is 0 Å². The summed E-state index contributed by atoms with van der Waals surface area (Å²) < 4.78 is 16.4. The molecule has 0 saturated heterocycles. The Balaban J connectivity index is 1.74. The molecule has 3 aromatic rings. The maximum absolute atomic E-state index is 14.5. The van der Waals surface area contributed by atoms with Gasteiger partial charge in [-0.25, -0.2) is 4.39 Å². The molecule has 1 aliphatic heterocycles. The van der Waals surface area contributed by atoms with Crippen molar-refractivity contribution in [2.75, 3.05) is 10.2 Å². The molecule has 6 heteroatoms. The van der Waals surface area contributed by atoms with Gasteiger partial charge in [0.25, 0.3) is 5.91 Å². The molecule has 1 aliphatic rings. The first-order chi connectivity index (χ1) is 13.5. The van der Waals surface area contributed by atoms with Gasteiger partial charge < -0.3 is 5.32 Å². The number of rotatable bonds is 4. The van der Waals surface area contributed by atoms with Crippen molar-refractivity contribution in [2.45, 2.75) is 6.04 Å². The Bertz CT molecular complexity index is 1050. The van der Waals surface area contributed by atoms with E-state index in [0.717, 1.165) is 14.6 Å². The van der Waals surface area contributed by atoms with Gasteiger partial charge in [-0.3, -0.25) is 9.69 Å². The quantitative estimate of drug-likeness (QED) is 0.446. The monoisotopic (exact) mass is 500 g/mol. The van der Waals surface area contributed by atoms with Crippen LogP contribution in [0, 0.1) is 5.82 Å². The van der Waals surface area contributed by atoms with E-state index in [1.807, 2.05) is 48.5 Å². The molecule has 0 spiro atoms. The molecule has 0 saturated carbocycles. The fourth-order valence-corrected chi connectivity index (χ4v) is 3.70. The van der Waals surface area contributed by atoms with Crippen molar-refractivity contribution >= 4 is 49.1 Å². The first-order valence-electron chi connectivity index (χ1n) is 8.61. The summed E-state index contributed by atoms with van der Waals surface area (Å²) >= 11 is 6.81. The second-order valence-corrected chi connectivity index (χ2v) is 8.16. The summed E-state index contributed by atoms with van der Waals surface area (Å²) in [6.45, 7) is 0. The highest BCUT2D eigenvalue weighted by Gasteiger charge is 2.36. The Labute approximate surface area is 179 Å². The summed E-state index contributed by atoms with van der Waals surface area (Å²) in [7, 11) is 0. The van der Waals surface area contributed by atoms with E-state index in [0.29, 0.717) is 16.9 Å². The predicted octanol–water partition coefficient (Wildman–Crippen LogP) is 6.43. The standard InChI is InChI=1S/C22H15Br2FN2O/c23-14-5-9-16(10-6-14)26-20-13-21(18-3-1-2-4-19(18)25)27(22(20)28)17-11-7-15(24)8-12-17/h1-13,21,26H/t21-/m1/s1. The van der Waals surface area contributed by atoms with Crippen molar-refractivity contribution in [3.8, 4) is 0 Å². The van der Waals surface area contributed by atoms with E-state index in [-0.39, 0.29) is 11.7 Å². The van der Waals surface area contributed by atoms with Crippen molar-refractivity contribution in [3.05, 3.63) is 105 Å². The Kier molecular flexibility index (Phi) is 5.33. The number of carbonyl (C=O) groups excluding carboxylic acids is 1. The number of hydrogen-bond donors (Lipinski definition) is 1. The molecule has 28 heavy (non-hydrogen) atoms. The zero-order valence-electron chi connectivity index (χ0n) is 14.6.